The molecule has 190 valence electrons. The lowest BCUT2D eigenvalue weighted by Gasteiger charge is -2.37. The Kier molecular flexibility index (Phi) is 6.66. The minimum absolute atomic E-state index is 0.0164. The van der Waals surface area contributed by atoms with Crippen molar-refractivity contribution in [3.05, 3.63) is 59.7 Å². The molecule has 2 saturated heterocycles. The van der Waals surface area contributed by atoms with Gasteiger partial charge in [0.25, 0.3) is 6.43 Å². The molecule has 35 heavy (non-hydrogen) atoms. The van der Waals surface area contributed by atoms with Crippen LogP contribution in [0.3, 0.4) is 0 Å². The van der Waals surface area contributed by atoms with E-state index < -0.39 is 44.6 Å². The second-order valence-electron chi connectivity index (χ2n) is 8.76. The van der Waals surface area contributed by atoms with E-state index in [1.807, 2.05) is 0 Å². The number of rotatable bonds is 5. The van der Waals surface area contributed by atoms with Crippen LogP contribution in [-0.4, -0.2) is 49.8 Å². The van der Waals surface area contributed by atoms with Gasteiger partial charge in [-0.05, 0) is 49.1 Å². The first-order chi connectivity index (χ1) is 16.4. The maximum atomic E-state index is 13.4. The summed E-state index contributed by atoms with van der Waals surface area (Å²) in [5.74, 6) is -0.243. The summed E-state index contributed by atoms with van der Waals surface area (Å²) in [5.41, 5.74) is -1.60. The first-order valence-electron chi connectivity index (χ1n) is 10.9. The Bertz CT molecular complexity index is 1190. The number of piperidine rings is 1. The maximum absolute atomic E-state index is 13.4. The monoisotopic (exact) mass is 518 g/mol. The molecule has 1 atom stereocenters. The van der Waals surface area contributed by atoms with Crippen molar-refractivity contribution in [2.75, 3.05) is 24.5 Å². The maximum Gasteiger partial charge on any atom is 0.417 e. The molecule has 6 nitrogen and oxygen atoms in total. The third-order valence-corrected chi connectivity index (χ3v) is 8.74. The van der Waals surface area contributed by atoms with Gasteiger partial charge in [-0.2, -0.15) is 17.5 Å². The number of hydrogen-bond acceptors (Lipinski definition) is 4. The minimum Gasteiger partial charge on any atom is -0.382 e. The van der Waals surface area contributed by atoms with E-state index in [2.05, 4.69) is 0 Å². The van der Waals surface area contributed by atoms with E-state index in [1.54, 1.807) is 0 Å². The predicted molar refractivity (Wildman–Crippen MR) is 116 cm³/mol. The fourth-order valence-corrected chi connectivity index (χ4v) is 6.40. The van der Waals surface area contributed by atoms with E-state index in [4.69, 9.17) is 0 Å². The van der Waals surface area contributed by atoms with Crippen LogP contribution in [0.4, 0.5) is 27.6 Å². The molecule has 0 aromatic heterocycles. The van der Waals surface area contributed by atoms with Crippen molar-refractivity contribution in [1.29, 1.82) is 0 Å². The van der Waals surface area contributed by atoms with Crippen molar-refractivity contribution in [2.45, 2.75) is 42.9 Å². The molecule has 0 radical (unpaired) electrons. The summed E-state index contributed by atoms with van der Waals surface area (Å²) in [6.07, 6.45) is -8.97. The molecule has 1 amide bonds. The SMILES string of the molecule is O=C1N(c2ccc(C(O)C(F)F)cc2)CCC12CCN(S(=O)(=O)c1ccccc1C(F)(F)F)CC2. The predicted octanol–water partition coefficient (Wildman–Crippen LogP) is 4.21. The number of sulfonamides is 1. The Labute approximate surface area is 199 Å². The fraction of sp³-hybridized carbons (Fsp3) is 0.435. The van der Waals surface area contributed by atoms with Gasteiger partial charge in [-0.1, -0.05) is 24.3 Å². The van der Waals surface area contributed by atoms with Gasteiger partial charge in [-0.3, -0.25) is 4.79 Å². The average Bonchev–Trinajstić information content (AvgIpc) is 3.13. The highest BCUT2D eigenvalue weighted by Gasteiger charge is 2.50. The van der Waals surface area contributed by atoms with Gasteiger partial charge in [0.05, 0.1) is 15.9 Å². The van der Waals surface area contributed by atoms with Crippen LogP contribution in [0.5, 0.6) is 0 Å². The summed E-state index contributed by atoms with van der Waals surface area (Å²) in [4.78, 5) is 13.9. The molecule has 2 heterocycles. The first kappa shape index (κ1) is 25.5. The third-order valence-electron chi connectivity index (χ3n) is 6.79. The number of alkyl halides is 5. The lowest BCUT2D eigenvalue weighted by Crippen LogP contribution is -2.46. The smallest absolute Gasteiger partial charge is 0.382 e. The molecule has 2 aliphatic rings. The number of aliphatic hydroxyl groups excluding tert-OH is 1. The van der Waals surface area contributed by atoms with Gasteiger partial charge in [0.2, 0.25) is 15.9 Å². The Morgan fingerprint density at radius 3 is 2.06 bits per heavy atom. The molecule has 2 aromatic rings. The van der Waals surface area contributed by atoms with Crippen LogP contribution in [0.1, 0.15) is 36.5 Å². The summed E-state index contributed by atoms with van der Waals surface area (Å²) in [5, 5.41) is 9.49. The largest absolute Gasteiger partial charge is 0.417 e. The molecule has 1 spiro atoms. The molecule has 1 unspecified atom stereocenters. The quantitative estimate of drug-likeness (QED) is 0.602. The Morgan fingerprint density at radius 2 is 1.49 bits per heavy atom. The van der Waals surface area contributed by atoms with E-state index in [9.17, 15) is 40.3 Å². The van der Waals surface area contributed by atoms with Crippen molar-refractivity contribution in [3.8, 4) is 0 Å². The van der Waals surface area contributed by atoms with Gasteiger partial charge in [-0.15, -0.1) is 0 Å². The number of aliphatic hydroxyl groups is 1. The van der Waals surface area contributed by atoms with E-state index in [1.165, 1.54) is 35.2 Å². The highest BCUT2D eigenvalue weighted by molar-refractivity contribution is 7.89. The zero-order valence-electron chi connectivity index (χ0n) is 18.4. The molecule has 2 aliphatic heterocycles. The molecule has 12 heteroatoms. The summed E-state index contributed by atoms with van der Waals surface area (Å²) in [6, 6.07) is 9.57. The number of anilines is 1. The molecule has 0 aliphatic carbocycles. The van der Waals surface area contributed by atoms with Crippen molar-refractivity contribution in [3.63, 3.8) is 0 Å². The van der Waals surface area contributed by atoms with Crippen LogP contribution in [0, 0.1) is 5.41 Å². The molecule has 1 N–H and O–H groups in total. The molecule has 4 rings (SSSR count). The zero-order valence-corrected chi connectivity index (χ0v) is 19.2. The number of carbonyl (C=O) groups excluding carboxylic acids is 1. The van der Waals surface area contributed by atoms with Gasteiger partial charge in [-0.25, -0.2) is 17.2 Å². The Morgan fingerprint density at radius 1 is 0.914 bits per heavy atom. The van der Waals surface area contributed by atoms with Gasteiger partial charge in [0, 0.05) is 25.3 Å². The highest BCUT2D eigenvalue weighted by atomic mass is 32.2. The fourth-order valence-electron chi connectivity index (χ4n) is 4.75. The van der Waals surface area contributed by atoms with Crippen LogP contribution in [0.15, 0.2) is 53.4 Å². The second-order valence-corrected chi connectivity index (χ2v) is 10.7. The molecule has 2 aromatic carbocycles. The summed E-state index contributed by atoms with van der Waals surface area (Å²) >= 11 is 0. The molecule has 0 bridgehead atoms. The number of benzene rings is 2. The Balaban J connectivity index is 1.48. The van der Waals surface area contributed by atoms with Crippen LogP contribution in [-0.2, 0) is 21.0 Å². The van der Waals surface area contributed by atoms with Gasteiger partial charge in [0.15, 0.2) is 0 Å². The van der Waals surface area contributed by atoms with Crippen molar-refractivity contribution < 1.29 is 40.3 Å². The number of carbonyl (C=O) groups is 1. The zero-order chi connectivity index (χ0) is 25.6. The van der Waals surface area contributed by atoms with E-state index in [0.29, 0.717) is 18.7 Å². The van der Waals surface area contributed by atoms with E-state index >= 15 is 0 Å². The summed E-state index contributed by atoms with van der Waals surface area (Å²) < 4.78 is 92.5. The number of amides is 1. The van der Waals surface area contributed by atoms with Crippen LogP contribution in [0.25, 0.3) is 0 Å². The molecule has 2 fully saturated rings. The minimum atomic E-state index is -4.83. The van der Waals surface area contributed by atoms with Gasteiger partial charge < -0.3 is 10.0 Å². The second kappa shape index (κ2) is 9.14. The van der Waals surface area contributed by atoms with Gasteiger partial charge >= 0.3 is 6.18 Å². The molecular formula is C23H23F5N2O4S. The van der Waals surface area contributed by atoms with Crippen molar-refractivity contribution >= 4 is 21.6 Å². The standard InChI is InChI=1S/C23H23F5N2O4S/c24-20(25)19(31)15-5-7-16(8-6-15)30-14-11-22(21(30)32)9-12-29(13-10-22)35(33,34)18-4-2-1-3-17(18)23(26,27)28/h1-8,19-20,31H,9-14H2. The Hall–Kier alpha value is -2.57. The average molecular weight is 519 g/mol. The van der Waals surface area contributed by atoms with Crippen molar-refractivity contribution in [1.82, 2.24) is 4.31 Å². The van der Waals surface area contributed by atoms with Crippen LogP contribution in [0.2, 0.25) is 0 Å². The molecular weight excluding hydrogens is 495 g/mol. The van der Waals surface area contributed by atoms with Gasteiger partial charge in [0.1, 0.15) is 6.10 Å². The number of hydrogen-bond donors (Lipinski definition) is 1. The number of halogens is 5. The first-order valence-corrected chi connectivity index (χ1v) is 12.4. The van der Waals surface area contributed by atoms with Crippen LogP contribution < -0.4 is 4.90 Å². The lowest BCUT2D eigenvalue weighted by molar-refractivity contribution is -0.139. The summed E-state index contributed by atoms with van der Waals surface area (Å²) in [6.45, 7) is 0.125. The third kappa shape index (κ3) is 4.66. The van der Waals surface area contributed by atoms with E-state index in [0.717, 1.165) is 22.5 Å². The summed E-state index contributed by atoms with van der Waals surface area (Å²) in [7, 11) is -4.42. The van der Waals surface area contributed by atoms with E-state index in [-0.39, 0.29) is 37.4 Å². The normalized spacial score (nSPS) is 20.1. The van der Waals surface area contributed by atoms with Crippen molar-refractivity contribution in [2.24, 2.45) is 5.41 Å². The topological polar surface area (TPSA) is 77.9 Å². The van der Waals surface area contributed by atoms with Crippen LogP contribution >= 0.6 is 0 Å². The molecule has 0 saturated carbocycles. The highest BCUT2D eigenvalue weighted by Crippen LogP contribution is 2.45. The lowest BCUT2D eigenvalue weighted by atomic mass is 9.77. The number of nitrogens with zero attached hydrogens (tertiary/aromatic N) is 2.